The van der Waals surface area contributed by atoms with Crippen LogP contribution in [0, 0.1) is 5.82 Å². The lowest BCUT2D eigenvalue weighted by molar-refractivity contribution is -0.129. The topological polar surface area (TPSA) is 40.5 Å². The molecule has 1 aliphatic heterocycles. The first kappa shape index (κ1) is 18.0. The summed E-state index contributed by atoms with van der Waals surface area (Å²) in [6, 6.07) is 16.5. The van der Waals surface area contributed by atoms with E-state index in [9.17, 15) is 14.3 Å². The fraction of sp³-hybridized carbons (Fsp3) is 0.350. The Labute approximate surface area is 151 Å². The lowest BCUT2D eigenvalue weighted by Gasteiger charge is -2.27. The molecule has 2 aromatic rings. The fourth-order valence-corrected chi connectivity index (χ4v) is 4.18. The molecule has 0 aromatic heterocycles. The molecule has 5 heteroatoms. The van der Waals surface area contributed by atoms with Gasteiger partial charge in [0, 0.05) is 35.6 Å². The van der Waals surface area contributed by atoms with Crippen LogP contribution in [0.4, 0.5) is 4.39 Å². The van der Waals surface area contributed by atoms with Crippen LogP contribution in [-0.2, 0) is 10.2 Å². The van der Waals surface area contributed by atoms with Crippen molar-refractivity contribution < 1.29 is 14.3 Å². The van der Waals surface area contributed by atoms with Crippen molar-refractivity contribution in [3.63, 3.8) is 0 Å². The Balaban J connectivity index is 1.56. The van der Waals surface area contributed by atoms with Gasteiger partial charge in [0.1, 0.15) is 5.82 Å². The van der Waals surface area contributed by atoms with Crippen molar-refractivity contribution in [3.05, 3.63) is 66.0 Å². The standard InChI is InChI=1S/C20H22FNO2S/c21-17-8-4-5-9-18(17)25-13-10-19(24)22-12-11-20(14-22,15-23)16-6-2-1-3-7-16/h1-9,23H,10-15H2/t20-/m1/s1. The molecule has 0 saturated carbocycles. The summed E-state index contributed by atoms with van der Waals surface area (Å²) in [5.41, 5.74) is 0.712. The molecule has 25 heavy (non-hydrogen) atoms. The number of benzene rings is 2. The maximum Gasteiger partial charge on any atom is 0.223 e. The number of hydrogen-bond donors (Lipinski definition) is 1. The van der Waals surface area contributed by atoms with E-state index < -0.39 is 0 Å². The minimum Gasteiger partial charge on any atom is -0.395 e. The second-order valence-electron chi connectivity index (χ2n) is 6.40. The number of halogens is 1. The van der Waals surface area contributed by atoms with E-state index in [0.29, 0.717) is 30.2 Å². The molecule has 0 spiro atoms. The van der Waals surface area contributed by atoms with Crippen LogP contribution in [0.15, 0.2) is 59.5 Å². The molecule has 2 aromatic carbocycles. The monoisotopic (exact) mass is 359 g/mol. The molecule has 0 radical (unpaired) electrons. The summed E-state index contributed by atoms with van der Waals surface area (Å²) < 4.78 is 13.6. The summed E-state index contributed by atoms with van der Waals surface area (Å²) in [6.45, 7) is 1.22. The molecular formula is C20H22FNO2S. The molecule has 1 fully saturated rings. The Bertz CT molecular complexity index is 725. The Morgan fingerprint density at radius 3 is 2.60 bits per heavy atom. The molecule has 0 aliphatic carbocycles. The van der Waals surface area contributed by atoms with E-state index >= 15 is 0 Å². The minimum absolute atomic E-state index is 0.0325. The highest BCUT2D eigenvalue weighted by atomic mass is 32.2. The zero-order valence-electron chi connectivity index (χ0n) is 14.0. The van der Waals surface area contributed by atoms with Gasteiger partial charge < -0.3 is 10.0 Å². The maximum atomic E-state index is 13.6. The maximum absolute atomic E-state index is 13.6. The molecule has 1 N–H and O–H groups in total. The number of carbonyl (C=O) groups excluding carboxylic acids is 1. The number of nitrogens with zero attached hydrogens (tertiary/aromatic N) is 1. The third-order valence-corrected chi connectivity index (χ3v) is 5.86. The number of aliphatic hydroxyl groups is 1. The van der Waals surface area contributed by atoms with Crippen LogP contribution < -0.4 is 0 Å². The van der Waals surface area contributed by atoms with Gasteiger partial charge >= 0.3 is 0 Å². The normalized spacial score (nSPS) is 20.0. The Kier molecular flexibility index (Phi) is 5.76. The van der Waals surface area contributed by atoms with Gasteiger partial charge in [-0.3, -0.25) is 4.79 Å². The highest BCUT2D eigenvalue weighted by Gasteiger charge is 2.40. The Morgan fingerprint density at radius 1 is 1.16 bits per heavy atom. The first-order valence-electron chi connectivity index (χ1n) is 8.46. The molecule has 1 amide bonds. The molecular weight excluding hydrogens is 337 g/mol. The van der Waals surface area contributed by atoms with Crippen molar-refractivity contribution in [2.75, 3.05) is 25.4 Å². The van der Waals surface area contributed by atoms with E-state index in [1.807, 2.05) is 35.2 Å². The third kappa shape index (κ3) is 4.05. The molecule has 1 heterocycles. The largest absolute Gasteiger partial charge is 0.395 e. The van der Waals surface area contributed by atoms with Crippen molar-refractivity contribution >= 4 is 17.7 Å². The Hall–Kier alpha value is -1.85. The van der Waals surface area contributed by atoms with Gasteiger partial charge in [0.2, 0.25) is 5.91 Å². The van der Waals surface area contributed by atoms with Gasteiger partial charge in [-0.2, -0.15) is 0 Å². The number of carbonyl (C=O) groups is 1. The van der Waals surface area contributed by atoms with E-state index in [0.717, 1.165) is 12.0 Å². The van der Waals surface area contributed by atoms with Crippen LogP contribution in [0.1, 0.15) is 18.4 Å². The summed E-state index contributed by atoms with van der Waals surface area (Å²) >= 11 is 1.36. The first-order valence-corrected chi connectivity index (χ1v) is 9.45. The number of hydrogen-bond acceptors (Lipinski definition) is 3. The highest BCUT2D eigenvalue weighted by Crippen LogP contribution is 2.34. The second kappa shape index (κ2) is 8.02. The van der Waals surface area contributed by atoms with E-state index in [1.165, 1.54) is 17.8 Å². The summed E-state index contributed by atoms with van der Waals surface area (Å²) in [7, 11) is 0. The van der Waals surface area contributed by atoms with Crippen LogP contribution in [0.2, 0.25) is 0 Å². The quantitative estimate of drug-likeness (QED) is 0.803. The predicted octanol–water partition coefficient (Wildman–Crippen LogP) is 3.47. The number of aliphatic hydroxyl groups excluding tert-OH is 1. The number of rotatable bonds is 6. The van der Waals surface area contributed by atoms with Gasteiger partial charge in [0.25, 0.3) is 0 Å². The van der Waals surface area contributed by atoms with Gasteiger partial charge in [-0.15, -0.1) is 11.8 Å². The van der Waals surface area contributed by atoms with Crippen LogP contribution in [0.25, 0.3) is 0 Å². The van der Waals surface area contributed by atoms with Crippen molar-refractivity contribution in [1.29, 1.82) is 0 Å². The average Bonchev–Trinajstić information content (AvgIpc) is 3.10. The third-order valence-electron chi connectivity index (χ3n) is 4.81. The van der Waals surface area contributed by atoms with Crippen LogP contribution in [-0.4, -0.2) is 41.4 Å². The smallest absolute Gasteiger partial charge is 0.223 e. The molecule has 3 nitrogen and oxygen atoms in total. The van der Waals surface area contributed by atoms with Crippen molar-refractivity contribution in [2.24, 2.45) is 0 Å². The summed E-state index contributed by atoms with van der Waals surface area (Å²) in [4.78, 5) is 14.9. The lowest BCUT2D eigenvalue weighted by Crippen LogP contribution is -2.37. The van der Waals surface area contributed by atoms with Crippen molar-refractivity contribution in [2.45, 2.75) is 23.2 Å². The zero-order valence-corrected chi connectivity index (χ0v) is 14.8. The highest BCUT2D eigenvalue weighted by molar-refractivity contribution is 7.99. The first-order chi connectivity index (χ1) is 12.1. The predicted molar refractivity (Wildman–Crippen MR) is 98.1 cm³/mol. The summed E-state index contributed by atoms with van der Waals surface area (Å²) in [5.74, 6) is 0.368. The molecule has 0 unspecified atom stereocenters. The van der Waals surface area contributed by atoms with Gasteiger partial charge in [0.05, 0.1) is 6.61 Å². The molecule has 1 aliphatic rings. The summed E-state index contributed by atoms with van der Waals surface area (Å²) in [5, 5.41) is 9.94. The molecule has 3 rings (SSSR count). The van der Waals surface area contributed by atoms with Gasteiger partial charge in [-0.25, -0.2) is 4.39 Å². The number of likely N-dealkylation sites (tertiary alicyclic amines) is 1. The zero-order chi connectivity index (χ0) is 17.7. The minimum atomic E-state index is -0.365. The second-order valence-corrected chi connectivity index (χ2v) is 7.54. The van der Waals surface area contributed by atoms with Gasteiger partial charge in [0.15, 0.2) is 0 Å². The van der Waals surface area contributed by atoms with E-state index in [-0.39, 0.29) is 23.7 Å². The lowest BCUT2D eigenvalue weighted by atomic mass is 9.80. The van der Waals surface area contributed by atoms with E-state index in [1.54, 1.807) is 18.2 Å². The van der Waals surface area contributed by atoms with Gasteiger partial charge in [-0.1, -0.05) is 42.5 Å². The van der Waals surface area contributed by atoms with Crippen molar-refractivity contribution in [3.8, 4) is 0 Å². The summed E-state index contributed by atoms with van der Waals surface area (Å²) in [6.07, 6.45) is 1.13. The van der Waals surface area contributed by atoms with E-state index in [4.69, 9.17) is 0 Å². The molecule has 132 valence electrons. The van der Waals surface area contributed by atoms with Crippen molar-refractivity contribution in [1.82, 2.24) is 4.90 Å². The van der Waals surface area contributed by atoms with E-state index in [2.05, 4.69) is 0 Å². The Morgan fingerprint density at radius 2 is 1.88 bits per heavy atom. The van der Waals surface area contributed by atoms with Gasteiger partial charge in [-0.05, 0) is 24.1 Å². The van der Waals surface area contributed by atoms with Crippen LogP contribution in [0.3, 0.4) is 0 Å². The molecule has 0 bridgehead atoms. The number of thioether (sulfide) groups is 1. The average molecular weight is 359 g/mol. The van der Waals surface area contributed by atoms with Crippen LogP contribution >= 0.6 is 11.8 Å². The SMILES string of the molecule is O=C(CCSc1ccccc1F)N1CC[C@@](CO)(c2ccccc2)C1. The fourth-order valence-electron chi connectivity index (χ4n) is 3.30. The number of amides is 1. The molecule has 1 atom stereocenters. The van der Waals surface area contributed by atoms with Crippen LogP contribution in [0.5, 0.6) is 0 Å². The molecule has 1 saturated heterocycles.